The molecule has 0 saturated carbocycles. The summed E-state index contributed by atoms with van der Waals surface area (Å²) in [4.78, 5) is 0. The molecule has 1 aromatic rings. The average Bonchev–Trinajstić information content (AvgIpc) is 2.47. The van der Waals surface area contributed by atoms with Crippen LogP contribution in [0.4, 0.5) is 0 Å². The molecule has 3 heteroatoms. The van der Waals surface area contributed by atoms with Gasteiger partial charge in [0.05, 0.1) is 7.11 Å². The Morgan fingerprint density at radius 2 is 2.05 bits per heavy atom. The van der Waals surface area contributed by atoms with E-state index in [-0.39, 0.29) is 5.75 Å². The molecule has 0 amide bonds. The van der Waals surface area contributed by atoms with Gasteiger partial charge in [-0.3, -0.25) is 0 Å². The van der Waals surface area contributed by atoms with E-state index in [1.165, 1.54) is 19.3 Å². The van der Waals surface area contributed by atoms with Gasteiger partial charge in [0.2, 0.25) is 0 Å². The normalized spacial score (nSPS) is 9.90. The van der Waals surface area contributed by atoms with Crippen LogP contribution in [0.3, 0.4) is 0 Å². The Labute approximate surface area is 122 Å². The minimum Gasteiger partial charge on any atom is -0.504 e. The van der Waals surface area contributed by atoms with Crippen LogP contribution in [0, 0.1) is 11.8 Å². The van der Waals surface area contributed by atoms with Crippen molar-refractivity contribution >= 4 is 0 Å². The van der Waals surface area contributed by atoms with Gasteiger partial charge < -0.3 is 15.2 Å². The third kappa shape index (κ3) is 6.49. The fourth-order valence-corrected chi connectivity index (χ4v) is 1.92. The predicted octanol–water partition coefficient (Wildman–Crippen LogP) is 3.46. The number of nitrogens with one attached hydrogen (secondary N) is 1. The third-order valence-electron chi connectivity index (χ3n) is 3.03. The van der Waals surface area contributed by atoms with Gasteiger partial charge in [-0.25, -0.2) is 0 Å². The van der Waals surface area contributed by atoms with E-state index in [0.29, 0.717) is 5.75 Å². The Bertz CT molecular complexity index is 446. The quantitative estimate of drug-likeness (QED) is 0.564. The van der Waals surface area contributed by atoms with Gasteiger partial charge in [-0.1, -0.05) is 19.4 Å². The summed E-state index contributed by atoms with van der Waals surface area (Å²) in [6, 6.07) is 5.44. The van der Waals surface area contributed by atoms with Gasteiger partial charge in [0, 0.05) is 19.4 Å². The van der Waals surface area contributed by atoms with E-state index in [9.17, 15) is 5.11 Å². The van der Waals surface area contributed by atoms with E-state index in [2.05, 4.69) is 24.1 Å². The lowest BCUT2D eigenvalue weighted by Gasteiger charge is -2.08. The van der Waals surface area contributed by atoms with Crippen LogP contribution in [-0.2, 0) is 6.54 Å². The number of benzene rings is 1. The first-order chi connectivity index (χ1) is 9.77. The van der Waals surface area contributed by atoms with E-state index < -0.39 is 0 Å². The Morgan fingerprint density at radius 3 is 2.80 bits per heavy atom. The molecule has 110 valence electrons. The van der Waals surface area contributed by atoms with Gasteiger partial charge in [-0.2, -0.15) is 0 Å². The highest BCUT2D eigenvalue weighted by molar-refractivity contribution is 5.41. The monoisotopic (exact) mass is 275 g/mol. The third-order valence-corrected chi connectivity index (χ3v) is 3.03. The Kier molecular flexibility index (Phi) is 8.33. The van der Waals surface area contributed by atoms with E-state index in [0.717, 1.165) is 31.5 Å². The zero-order valence-corrected chi connectivity index (χ0v) is 12.5. The standard InChI is InChI=1S/C17H25NO2/c1-3-4-5-6-7-8-9-12-18-14-15-10-11-16(19)17(13-15)20-2/h10-11,13,18-19H,3,6-9,12,14H2,1-2H3. The van der Waals surface area contributed by atoms with E-state index in [1.54, 1.807) is 13.2 Å². The summed E-state index contributed by atoms with van der Waals surface area (Å²) in [6.45, 7) is 3.88. The lowest BCUT2D eigenvalue weighted by molar-refractivity contribution is 0.372. The number of hydrogen-bond acceptors (Lipinski definition) is 3. The summed E-state index contributed by atoms with van der Waals surface area (Å²) in [5, 5.41) is 12.9. The van der Waals surface area contributed by atoms with Gasteiger partial charge in [0.15, 0.2) is 11.5 Å². The molecule has 0 aliphatic carbocycles. The number of hydrogen-bond donors (Lipinski definition) is 2. The van der Waals surface area contributed by atoms with Crippen LogP contribution in [0.5, 0.6) is 11.5 Å². The van der Waals surface area contributed by atoms with Gasteiger partial charge in [0.1, 0.15) is 0 Å². The molecule has 20 heavy (non-hydrogen) atoms. The van der Waals surface area contributed by atoms with Crippen LogP contribution in [0.2, 0.25) is 0 Å². The molecule has 1 aromatic carbocycles. The fraction of sp³-hybridized carbons (Fsp3) is 0.529. The summed E-state index contributed by atoms with van der Waals surface area (Å²) in [5.74, 6) is 6.96. The van der Waals surface area contributed by atoms with Crippen molar-refractivity contribution in [2.75, 3.05) is 13.7 Å². The van der Waals surface area contributed by atoms with Crippen LogP contribution in [0.1, 0.15) is 44.6 Å². The topological polar surface area (TPSA) is 41.5 Å². The molecular weight excluding hydrogens is 250 g/mol. The van der Waals surface area contributed by atoms with Crippen LogP contribution in [0.15, 0.2) is 18.2 Å². The highest BCUT2D eigenvalue weighted by Crippen LogP contribution is 2.26. The maximum atomic E-state index is 9.51. The highest BCUT2D eigenvalue weighted by Gasteiger charge is 2.01. The van der Waals surface area contributed by atoms with Crippen molar-refractivity contribution in [2.45, 2.75) is 45.6 Å². The van der Waals surface area contributed by atoms with Gasteiger partial charge >= 0.3 is 0 Å². The fourth-order valence-electron chi connectivity index (χ4n) is 1.92. The summed E-state index contributed by atoms with van der Waals surface area (Å²) < 4.78 is 5.09. The first kappa shape index (κ1) is 16.4. The number of rotatable bonds is 8. The van der Waals surface area contributed by atoms with Gasteiger partial charge in [-0.15, -0.1) is 11.8 Å². The van der Waals surface area contributed by atoms with Crippen molar-refractivity contribution in [1.29, 1.82) is 0 Å². The van der Waals surface area contributed by atoms with Crippen LogP contribution in [0.25, 0.3) is 0 Å². The first-order valence-corrected chi connectivity index (χ1v) is 7.30. The molecule has 0 saturated heterocycles. The van der Waals surface area contributed by atoms with Crippen LogP contribution in [-0.4, -0.2) is 18.8 Å². The van der Waals surface area contributed by atoms with Crippen molar-refractivity contribution in [2.24, 2.45) is 0 Å². The SMILES string of the molecule is CCC#CCCCCCNCc1ccc(O)c(OC)c1. The summed E-state index contributed by atoms with van der Waals surface area (Å²) in [6.07, 6.45) is 5.54. The number of unbranched alkanes of at least 4 members (excludes halogenated alkanes) is 3. The Balaban J connectivity index is 2.12. The zero-order valence-electron chi connectivity index (χ0n) is 12.5. The molecule has 0 fully saturated rings. The van der Waals surface area contributed by atoms with Crippen molar-refractivity contribution < 1.29 is 9.84 Å². The Hall–Kier alpha value is -1.66. The van der Waals surface area contributed by atoms with Gasteiger partial charge in [-0.05, 0) is 37.1 Å². The number of phenolic OH excluding ortho intramolecular Hbond substituents is 1. The molecule has 0 spiro atoms. The molecule has 2 N–H and O–H groups in total. The van der Waals surface area contributed by atoms with Crippen LogP contribution < -0.4 is 10.1 Å². The van der Waals surface area contributed by atoms with E-state index in [1.807, 2.05) is 12.1 Å². The second kappa shape index (κ2) is 10.2. The molecule has 1 rings (SSSR count). The number of phenols is 1. The zero-order chi connectivity index (χ0) is 14.6. The molecule has 0 aliphatic rings. The van der Waals surface area contributed by atoms with Crippen molar-refractivity contribution in [3.63, 3.8) is 0 Å². The van der Waals surface area contributed by atoms with Crippen molar-refractivity contribution in [3.05, 3.63) is 23.8 Å². The smallest absolute Gasteiger partial charge is 0.160 e. The molecule has 0 radical (unpaired) electrons. The van der Waals surface area contributed by atoms with Crippen molar-refractivity contribution in [3.8, 4) is 23.3 Å². The predicted molar refractivity (Wildman–Crippen MR) is 82.9 cm³/mol. The molecule has 0 heterocycles. The number of methoxy groups -OCH3 is 1. The van der Waals surface area contributed by atoms with Gasteiger partial charge in [0.25, 0.3) is 0 Å². The summed E-state index contributed by atoms with van der Waals surface area (Å²) >= 11 is 0. The largest absolute Gasteiger partial charge is 0.504 e. The highest BCUT2D eigenvalue weighted by atomic mass is 16.5. The number of aromatic hydroxyl groups is 1. The second-order valence-corrected chi connectivity index (χ2v) is 4.70. The molecule has 0 aromatic heterocycles. The van der Waals surface area contributed by atoms with E-state index >= 15 is 0 Å². The second-order valence-electron chi connectivity index (χ2n) is 4.70. The summed E-state index contributed by atoms with van der Waals surface area (Å²) in [7, 11) is 1.56. The van der Waals surface area contributed by atoms with Crippen molar-refractivity contribution in [1.82, 2.24) is 5.32 Å². The maximum absolute atomic E-state index is 9.51. The number of ether oxygens (including phenoxy) is 1. The average molecular weight is 275 g/mol. The summed E-state index contributed by atoms with van der Waals surface area (Å²) in [5.41, 5.74) is 1.12. The molecule has 3 nitrogen and oxygen atoms in total. The minimum atomic E-state index is 0.185. The molecule has 0 atom stereocenters. The van der Waals surface area contributed by atoms with Crippen LogP contribution >= 0.6 is 0 Å². The Morgan fingerprint density at radius 1 is 1.20 bits per heavy atom. The molecule has 0 bridgehead atoms. The lowest BCUT2D eigenvalue weighted by atomic mass is 10.1. The molecule has 0 aliphatic heterocycles. The van der Waals surface area contributed by atoms with E-state index in [4.69, 9.17) is 4.74 Å². The first-order valence-electron chi connectivity index (χ1n) is 7.30. The minimum absolute atomic E-state index is 0.185. The molecule has 0 unspecified atom stereocenters. The maximum Gasteiger partial charge on any atom is 0.160 e. The molecular formula is C17H25NO2. The lowest BCUT2D eigenvalue weighted by Crippen LogP contribution is -2.14.